The van der Waals surface area contributed by atoms with E-state index >= 15 is 0 Å². The van der Waals surface area contributed by atoms with E-state index in [2.05, 4.69) is 15.8 Å². The average Bonchev–Trinajstić information content (AvgIpc) is 3.08. The van der Waals surface area contributed by atoms with E-state index < -0.39 is 17.7 Å². The van der Waals surface area contributed by atoms with Crippen molar-refractivity contribution in [3.8, 4) is 5.75 Å². The monoisotopic (exact) mass is 354 g/mol. The Hall–Kier alpha value is -3.42. The van der Waals surface area contributed by atoms with E-state index in [9.17, 15) is 14.4 Å². The van der Waals surface area contributed by atoms with Crippen molar-refractivity contribution in [2.45, 2.75) is 6.42 Å². The summed E-state index contributed by atoms with van der Waals surface area (Å²) in [6.45, 7) is 0.246. The van der Waals surface area contributed by atoms with E-state index in [1.807, 2.05) is 0 Å². The third kappa shape index (κ3) is 3.80. The molecular formula is C18H18N4O4. The number of carbonyl (C=O) groups excluding carboxylic acids is 3. The molecule has 26 heavy (non-hydrogen) atoms. The maximum absolute atomic E-state index is 12.3. The van der Waals surface area contributed by atoms with Crippen LogP contribution in [0.15, 0.2) is 48.7 Å². The van der Waals surface area contributed by atoms with Crippen LogP contribution in [0.3, 0.4) is 0 Å². The number of hydrogen-bond acceptors (Lipinski definition) is 5. The number of rotatable bonds is 4. The molecule has 0 radical (unpaired) electrons. The van der Waals surface area contributed by atoms with Crippen molar-refractivity contribution in [3.63, 3.8) is 0 Å². The molecule has 3 amide bonds. The lowest BCUT2D eigenvalue weighted by molar-refractivity contribution is -0.126. The first-order valence-electron chi connectivity index (χ1n) is 8.04. The minimum absolute atomic E-state index is 0.0807. The van der Waals surface area contributed by atoms with Gasteiger partial charge in [0, 0.05) is 24.8 Å². The van der Waals surface area contributed by atoms with Crippen LogP contribution in [-0.4, -0.2) is 36.4 Å². The number of aromatic nitrogens is 1. The van der Waals surface area contributed by atoms with Crippen molar-refractivity contribution in [1.82, 2.24) is 15.8 Å². The minimum atomic E-state index is -0.548. The second-order valence-electron chi connectivity index (χ2n) is 5.76. The Morgan fingerprint density at radius 3 is 2.58 bits per heavy atom. The second-order valence-corrected chi connectivity index (χ2v) is 5.76. The van der Waals surface area contributed by atoms with Gasteiger partial charge in [-0.1, -0.05) is 6.07 Å². The van der Waals surface area contributed by atoms with Gasteiger partial charge in [-0.15, -0.1) is 0 Å². The Balaban J connectivity index is 1.57. The number of carbonyl (C=O) groups is 3. The number of amides is 3. The Labute approximate surface area is 150 Å². The quantitative estimate of drug-likeness (QED) is 0.795. The zero-order chi connectivity index (χ0) is 18.5. The van der Waals surface area contributed by atoms with Crippen LogP contribution in [0, 0.1) is 5.92 Å². The maximum Gasteiger partial charge on any atom is 0.288 e. The number of hydrogen-bond donors (Lipinski definition) is 2. The second kappa shape index (κ2) is 7.64. The molecule has 0 spiro atoms. The number of nitrogens with one attached hydrogen (secondary N) is 2. The van der Waals surface area contributed by atoms with E-state index in [4.69, 9.17) is 4.74 Å². The molecular weight excluding hydrogens is 336 g/mol. The first-order valence-corrected chi connectivity index (χ1v) is 8.04. The van der Waals surface area contributed by atoms with Gasteiger partial charge in [-0.25, -0.2) is 0 Å². The summed E-state index contributed by atoms with van der Waals surface area (Å²) in [5.74, 6) is -0.944. The Morgan fingerprint density at radius 2 is 1.92 bits per heavy atom. The van der Waals surface area contributed by atoms with E-state index in [0.29, 0.717) is 11.4 Å². The largest absolute Gasteiger partial charge is 0.497 e. The van der Waals surface area contributed by atoms with Gasteiger partial charge >= 0.3 is 0 Å². The van der Waals surface area contributed by atoms with Gasteiger partial charge in [0.1, 0.15) is 11.4 Å². The van der Waals surface area contributed by atoms with Crippen LogP contribution in [0.4, 0.5) is 5.69 Å². The van der Waals surface area contributed by atoms with Crippen molar-refractivity contribution in [1.29, 1.82) is 0 Å². The highest BCUT2D eigenvalue weighted by Crippen LogP contribution is 2.26. The number of methoxy groups -OCH3 is 1. The Bertz CT molecular complexity index is 808. The van der Waals surface area contributed by atoms with Crippen molar-refractivity contribution >= 4 is 23.4 Å². The highest BCUT2D eigenvalue weighted by molar-refractivity contribution is 6.01. The summed E-state index contributed by atoms with van der Waals surface area (Å²) in [6, 6.07) is 11.9. The van der Waals surface area contributed by atoms with Gasteiger partial charge in [-0.2, -0.15) is 0 Å². The molecule has 0 aliphatic carbocycles. The smallest absolute Gasteiger partial charge is 0.288 e. The number of hydrazine groups is 1. The summed E-state index contributed by atoms with van der Waals surface area (Å²) in [5.41, 5.74) is 5.56. The van der Waals surface area contributed by atoms with Crippen LogP contribution in [0.1, 0.15) is 16.9 Å². The highest BCUT2D eigenvalue weighted by Gasteiger charge is 2.35. The fourth-order valence-corrected chi connectivity index (χ4v) is 2.68. The highest BCUT2D eigenvalue weighted by atomic mass is 16.5. The molecule has 1 aliphatic heterocycles. The molecule has 1 aromatic carbocycles. The Kier molecular flexibility index (Phi) is 5.12. The predicted octanol–water partition coefficient (Wildman–Crippen LogP) is 0.904. The van der Waals surface area contributed by atoms with Crippen molar-refractivity contribution in [2.75, 3.05) is 18.6 Å². The molecule has 3 rings (SSSR count). The molecule has 1 saturated heterocycles. The summed E-state index contributed by atoms with van der Waals surface area (Å²) in [6.07, 6.45) is 1.57. The molecule has 1 aliphatic rings. The number of benzene rings is 1. The lowest BCUT2D eigenvalue weighted by Crippen LogP contribution is -2.45. The lowest BCUT2D eigenvalue weighted by atomic mass is 10.1. The summed E-state index contributed by atoms with van der Waals surface area (Å²) in [4.78, 5) is 41.8. The van der Waals surface area contributed by atoms with Gasteiger partial charge in [0.05, 0.1) is 13.0 Å². The summed E-state index contributed by atoms with van der Waals surface area (Å²) in [7, 11) is 1.57. The van der Waals surface area contributed by atoms with Crippen LogP contribution in [0.5, 0.6) is 5.75 Å². The normalized spacial score (nSPS) is 16.3. The molecule has 1 fully saturated rings. The molecule has 0 bridgehead atoms. The van der Waals surface area contributed by atoms with Crippen molar-refractivity contribution in [2.24, 2.45) is 5.92 Å². The first-order chi connectivity index (χ1) is 12.6. The average molecular weight is 354 g/mol. The maximum atomic E-state index is 12.3. The fraction of sp³-hybridized carbons (Fsp3) is 0.222. The van der Waals surface area contributed by atoms with E-state index in [1.54, 1.807) is 48.4 Å². The van der Waals surface area contributed by atoms with Gasteiger partial charge in [0.15, 0.2) is 0 Å². The molecule has 1 unspecified atom stereocenters. The first kappa shape index (κ1) is 17.4. The summed E-state index contributed by atoms with van der Waals surface area (Å²) >= 11 is 0. The minimum Gasteiger partial charge on any atom is -0.497 e. The van der Waals surface area contributed by atoms with E-state index in [1.165, 1.54) is 12.3 Å². The zero-order valence-electron chi connectivity index (χ0n) is 14.1. The number of anilines is 1. The molecule has 8 nitrogen and oxygen atoms in total. The molecule has 8 heteroatoms. The molecule has 2 aromatic rings. The summed E-state index contributed by atoms with van der Waals surface area (Å²) in [5, 5.41) is 0. The van der Waals surface area contributed by atoms with Crippen LogP contribution in [-0.2, 0) is 9.59 Å². The number of pyridine rings is 1. The van der Waals surface area contributed by atoms with Gasteiger partial charge in [-0.3, -0.25) is 30.2 Å². The third-order valence-corrected chi connectivity index (χ3v) is 4.08. The standard InChI is InChI=1S/C18H18N4O4/c1-26-14-7-5-13(6-8-14)22-11-12(10-16(22)23)17(24)20-21-18(25)15-4-2-3-9-19-15/h2-9,12H,10-11H2,1H3,(H,20,24)(H,21,25). The zero-order valence-corrected chi connectivity index (χ0v) is 14.1. The van der Waals surface area contributed by atoms with Gasteiger partial charge in [0.25, 0.3) is 5.91 Å². The SMILES string of the molecule is COc1ccc(N2CC(C(=O)NNC(=O)c3ccccn3)CC2=O)cc1. The topological polar surface area (TPSA) is 101 Å². The summed E-state index contributed by atoms with van der Waals surface area (Å²) < 4.78 is 5.10. The predicted molar refractivity (Wildman–Crippen MR) is 93.3 cm³/mol. The van der Waals surface area contributed by atoms with Crippen LogP contribution in [0.25, 0.3) is 0 Å². The lowest BCUT2D eigenvalue weighted by Gasteiger charge is -2.17. The van der Waals surface area contributed by atoms with Crippen LogP contribution < -0.4 is 20.5 Å². The van der Waals surface area contributed by atoms with Crippen LogP contribution >= 0.6 is 0 Å². The number of ether oxygens (including phenoxy) is 1. The van der Waals surface area contributed by atoms with Gasteiger partial charge < -0.3 is 9.64 Å². The van der Waals surface area contributed by atoms with Crippen molar-refractivity contribution in [3.05, 3.63) is 54.4 Å². The number of nitrogens with zero attached hydrogens (tertiary/aromatic N) is 2. The van der Waals surface area contributed by atoms with Gasteiger partial charge in [-0.05, 0) is 36.4 Å². The van der Waals surface area contributed by atoms with Crippen LogP contribution in [0.2, 0.25) is 0 Å². The molecule has 2 N–H and O–H groups in total. The Morgan fingerprint density at radius 1 is 1.15 bits per heavy atom. The van der Waals surface area contributed by atoms with E-state index in [0.717, 1.165) is 0 Å². The fourth-order valence-electron chi connectivity index (χ4n) is 2.68. The molecule has 134 valence electrons. The van der Waals surface area contributed by atoms with Gasteiger partial charge in [0.2, 0.25) is 11.8 Å². The molecule has 1 aromatic heterocycles. The molecule has 2 heterocycles. The molecule has 1 atom stereocenters. The third-order valence-electron chi connectivity index (χ3n) is 4.08. The van der Waals surface area contributed by atoms with Crippen molar-refractivity contribution < 1.29 is 19.1 Å². The van der Waals surface area contributed by atoms with E-state index in [-0.39, 0.29) is 24.6 Å². The molecule has 0 saturated carbocycles.